The smallest absolute Gasteiger partial charge is 0.392 e. The molecule has 0 heterocycles. The van der Waals surface area contributed by atoms with Gasteiger partial charge in [0.05, 0.1) is 18.3 Å². The van der Waals surface area contributed by atoms with Gasteiger partial charge in [0.2, 0.25) is 5.91 Å². The second-order valence-corrected chi connectivity index (χ2v) is 10.6. The highest BCUT2D eigenvalue weighted by molar-refractivity contribution is 6.30. The molecule has 2 N–H and O–H groups in total. The Kier molecular flexibility index (Phi) is 6.41. The topological polar surface area (TPSA) is 66.4 Å². The Labute approximate surface area is 205 Å². The number of carboxylic acids is 1. The van der Waals surface area contributed by atoms with Gasteiger partial charge < -0.3 is 10.4 Å². The number of aliphatic carboxylic acids is 1. The highest BCUT2D eigenvalue weighted by Crippen LogP contribution is 2.75. The molecule has 5 rings (SSSR count). The number of anilines is 1. The number of aryl methyl sites for hydroxylation is 1. The number of rotatable bonds is 8. The first-order valence-electron chi connectivity index (χ1n) is 11.4. The van der Waals surface area contributed by atoms with Gasteiger partial charge in [0.25, 0.3) is 0 Å². The zero-order chi connectivity index (χ0) is 25.8. The Morgan fingerprint density at radius 1 is 1.09 bits per heavy atom. The first kappa shape index (κ1) is 25.5. The van der Waals surface area contributed by atoms with Gasteiger partial charge in [0, 0.05) is 16.6 Å². The van der Waals surface area contributed by atoms with Crippen molar-refractivity contribution in [2.75, 3.05) is 5.32 Å². The third-order valence-electron chi connectivity index (χ3n) is 7.57. The molecular formula is C26H26ClF4NO3. The number of hydrogen-bond donors (Lipinski definition) is 2. The van der Waals surface area contributed by atoms with E-state index in [1.807, 2.05) is 0 Å². The molecule has 0 aliphatic heterocycles. The van der Waals surface area contributed by atoms with Gasteiger partial charge in [-0.25, -0.2) is 4.39 Å². The molecule has 2 bridgehead atoms. The van der Waals surface area contributed by atoms with E-state index in [2.05, 4.69) is 5.32 Å². The van der Waals surface area contributed by atoms with E-state index in [1.54, 1.807) is 25.1 Å². The molecule has 4 nitrogen and oxygen atoms in total. The standard InChI is InChI=1S/C26H26ClF4NO3/c1-14-3-4-17(19(10-21(33)34)24-11-25(28,12-24)13-24)9-20(14)32-23(35)22(15(2)26(29,30)31)16-5-7-18(27)8-6-16/h3-9,15,19,22H,10-13H2,1-2H3,(H,32,35)(H,33,34)/t15-,19+,22+,24?,25?/m1/s1. The van der Waals surface area contributed by atoms with Crippen LogP contribution in [-0.2, 0) is 9.59 Å². The average Bonchev–Trinajstić information content (AvgIpc) is 2.71. The second-order valence-electron chi connectivity index (χ2n) is 10.1. The van der Waals surface area contributed by atoms with E-state index < -0.39 is 46.9 Å². The Bertz CT molecular complexity index is 1130. The zero-order valence-corrected chi connectivity index (χ0v) is 20.0. The van der Waals surface area contributed by atoms with Gasteiger partial charge in [-0.3, -0.25) is 9.59 Å². The normalized spacial score (nSPS) is 25.6. The summed E-state index contributed by atoms with van der Waals surface area (Å²) >= 11 is 5.88. The van der Waals surface area contributed by atoms with Crippen LogP contribution in [0, 0.1) is 18.3 Å². The largest absolute Gasteiger partial charge is 0.481 e. The number of carbonyl (C=O) groups is 2. The van der Waals surface area contributed by atoms with Crippen molar-refractivity contribution in [2.24, 2.45) is 11.3 Å². The molecule has 3 aliphatic carbocycles. The number of carbonyl (C=O) groups excluding carboxylic acids is 1. The maximum absolute atomic E-state index is 14.2. The van der Waals surface area contributed by atoms with Crippen molar-refractivity contribution in [1.29, 1.82) is 0 Å². The molecule has 2 aromatic carbocycles. The van der Waals surface area contributed by atoms with E-state index in [0.717, 1.165) is 6.92 Å². The lowest BCUT2D eigenvalue weighted by Crippen LogP contribution is -2.66. The van der Waals surface area contributed by atoms with Gasteiger partial charge in [-0.05, 0) is 66.5 Å². The van der Waals surface area contributed by atoms with Crippen LogP contribution in [0.5, 0.6) is 0 Å². The quantitative estimate of drug-likeness (QED) is 0.374. The summed E-state index contributed by atoms with van der Waals surface area (Å²) in [5.41, 5.74) is 0.0830. The number of amides is 1. The minimum absolute atomic E-state index is 0.177. The molecule has 9 heteroatoms. The summed E-state index contributed by atoms with van der Waals surface area (Å²) in [4.78, 5) is 24.8. The monoisotopic (exact) mass is 511 g/mol. The van der Waals surface area contributed by atoms with Crippen LogP contribution >= 0.6 is 11.6 Å². The van der Waals surface area contributed by atoms with Crippen LogP contribution in [0.2, 0.25) is 5.02 Å². The van der Waals surface area contributed by atoms with Crippen LogP contribution in [0.25, 0.3) is 0 Å². The highest BCUT2D eigenvalue weighted by Gasteiger charge is 2.71. The summed E-state index contributed by atoms with van der Waals surface area (Å²) in [5, 5.41) is 12.4. The van der Waals surface area contributed by atoms with Crippen LogP contribution in [0.1, 0.15) is 61.1 Å². The van der Waals surface area contributed by atoms with Crippen LogP contribution < -0.4 is 5.32 Å². The third-order valence-corrected chi connectivity index (χ3v) is 7.83. The van der Waals surface area contributed by atoms with Crippen molar-refractivity contribution in [3.63, 3.8) is 0 Å². The third kappa shape index (κ3) is 4.90. The lowest BCUT2D eigenvalue weighted by atomic mass is 9.37. The van der Waals surface area contributed by atoms with Crippen molar-refractivity contribution >= 4 is 29.2 Å². The number of halogens is 5. The van der Waals surface area contributed by atoms with E-state index >= 15 is 0 Å². The first-order valence-corrected chi connectivity index (χ1v) is 11.8. The molecule has 35 heavy (non-hydrogen) atoms. The summed E-state index contributed by atoms with van der Waals surface area (Å²) in [5.74, 6) is -5.78. The van der Waals surface area contributed by atoms with Crippen LogP contribution in [-0.4, -0.2) is 28.8 Å². The molecular weight excluding hydrogens is 486 g/mol. The molecule has 0 unspecified atom stereocenters. The molecule has 0 aromatic heterocycles. The summed E-state index contributed by atoms with van der Waals surface area (Å²) in [6.45, 7) is 2.66. The SMILES string of the molecule is Cc1ccc([C@H](CC(=O)O)C23CC(F)(C2)C3)cc1NC(=O)[C@H](c1ccc(Cl)cc1)[C@@H](C)C(F)(F)F. The van der Waals surface area contributed by atoms with Gasteiger partial charge in [-0.15, -0.1) is 0 Å². The summed E-state index contributed by atoms with van der Waals surface area (Å²) in [6, 6.07) is 10.7. The average molecular weight is 512 g/mol. The molecule has 3 aliphatic rings. The van der Waals surface area contributed by atoms with Crippen molar-refractivity contribution in [1.82, 2.24) is 0 Å². The first-order chi connectivity index (χ1) is 16.2. The van der Waals surface area contributed by atoms with E-state index in [-0.39, 0.29) is 12.0 Å². The van der Waals surface area contributed by atoms with Gasteiger partial charge in [-0.2, -0.15) is 13.2 Å². The molecule has 0 radical (unpaired) electrons. The molecule has 1 amide bonds. The Hall–Kier alpha value is -2.61. The highest BCUT2D eigenvalue weighted by atomic mass is 35.5. The molecule has 0 spiro atoms. The van der Waals surface area contributed by atoms with Gasteiger partial charge >= 0.3 is 12.1 Å². The Morgan fingerprint density at radius 2 is 1.66 bits per heavy atom. The number of alkyl halides is 4. The van der Waals surface area contributed by atoms with E-state index in [1.165, 1.54) is 24.3 Å². The van der Waals surface area contributed by atoms with E-state index in [0.29, 0.717) is 41.1 Å². The fraction of sp³-hybridized carbons (Fsp3) is 0.462. The Morgan fingerprint density at radius 3 is 2.17 bits per heavy atom. The number of carboxylic acid groups (broad SMARTS) is 1. The van der Waals surface area contributed by atoms with Gasteiger partial charge in [0.1, 0.15) is 5.67 Å². The van der Waals surface area contributed by atoms with Crippen molar-refractivity contribution in [2.45, 2.75) is 63.2 Å². The van der Waals surface area contributed by atoms with Gasteiger partial charge in [-0.1, -0.05) is 42.8 Å². The van der Waals surface area contributed by atoms with E-state index in [4.69, 9.17) is 11.6 Å². The number of nitrogens with one attached hydrogen (secondary N) is 1. The van der Waals surface area contributed by atoms with E-state index in [9.17, 15) is 32.3 Å². The van der Waals surface area contributed by atoms with Crippen LogP contribution in [0.3, 0.4) is 0 Å². The summed E-state index contributed by atoms with van der Waals surface area (Å²) in [7, 11) is 0. The molecule has 3 saturated carbocycles. The molecule has 0 saturated heterocycles. The van der Waals surface area contributed by atoms with Crippen molar-refractivity contribution in [3.8, 4) is 0 Å². The fourth-order valence-electron chi connectivity index (χ4n) is 5.70. The lowest BCUT2D eigenvalue weighted by molar-refractivity contribution is -0.228. The zero-order valence-electron chi connectivity index (χ0n) is 19.3. The van der Waals surface area contributed by atoms with Crippen LogP contribution in [0.15, 0.2) is 42.5 Å². The predicted molar refractivity (Wildman–Crippen MR) is 124 cm³/mol. The van der Waals surface area contributed by atoms with Crippen molar-refractivity contribution in [3.05, 3.63) is 64.2 Å². The Balaban J connectivity index is 1.64. The molecule has 3 atom stereocenters. The fourth-order valence-corrected chi connectivity index (χ4v) is 5.82. The minimum Gasteiger partial charge on any atom is -0.481 e. The molecule has 188 valence electrons. The minimum atomic E-state index is -4.61. The molecule has 2 aromatic rings. The number of benzene rings is 2. The van der Waals surface area contributed by atoms with Gasteiger partial charge in [0.15, 0.2) is 0 Å². The van der Waals surface area contributed by atoms with Crippen LogP contribution in [0.4, 0.5) is 23.2 Å². The molecule has 3 fully saturated rings. The second kappa shape index (κ2) is 8.80. The summed E-state index contributed by atoms with van der Waals surface area (Å²) < 4.78 is 55.1. The van der Waals surface area contributed by atoms with Crippen molar-refractivity contribution < 1.29 is 32.3 Å². The lowest BCUT2D eigenvalue weighted by Gasteiger charge is -2.69. The number of hydrogen-bond acceptors (Lipinski definition) is 2. The summed E-state index contributed by atoms with van der Waals surface area (Å²) in [6.07, 6.45) is -3.90. The predicted octanol–water partition coefficient (Wildman–Crippen LogP) is 7.02. The maximum Gasteiger partial charge on any atom is 0.392 e. The maximum atomic E-state index is 14.2.